The second-order valence-electron chi connectivity index (χ2n) is 4.70. The van der Waals surface area contributed by atoms with Crippen LogP contribution < -0.4 is 5.32 Å². The second kappa shape index (κ2) is 6.41. The highest BCUT2D eigenvalue weighted by Gasteiger charge is 2.24. The fraction of sp³-hybridized carbons (Fsp3) is 1.00. The quantitative estimate of drug-likeness (QED) is 0.711. The Hall–Kier alpha value is -0.0800. The predicted octanol–water partition coefficient (Wildman–Crippen LogP) is 2.17. The first-order chi connectivity index (χ1) is 6.77. The fourth-order valence-corrected chi connectivity index (χ4v) is 2.29. The SMILES string of the molecule is CCC(C)NCC1CCCCC1CO. The van der Waals surface area contributed by atoms with E-state index in [-0.39, 0.29) is 0 Å². The van der Waals surface area contributed by atoms with Gasteiger partial charge in [-0.3, -0.25) is 0 Å². The molecule has 0 aromatic carbocycles. The summed E-state index contributed by atoms with van der Waals surface area (Å²) in [5.41, 5.74) is 0. The van der Waals surface area contributed by atoms with E-state index in [0.717, 1.165) is 6.54 Å². The average Bonchev–Trinajstić information content (AvgIpc) is 2.26. The molecule has 2 heteroatoms. The van der Waals surface area contributed by atoms with Crippen molar-refractivity contribution in [2.45, 2.75) is 52.0 Å². The predicted molar refractivity (Wildman–Crippen MR) is 60.3 cm³/mol. The van der Waals surface area contributed by atoms with Crippen LogP contribution in [0.3, 0.4) is 0 Å². The molecule has 14 heavy (non-hydrogen) atoms. The van der Waals surface area contributed by atoms with Crippen LogP contribution in [-0.2, 0) is 0 Å². The van der Waals surface area contributed by atoms with Crippen LogP contribution in [0.5, 0.6) is 0 Å². The summed E-state index contributed by atoms with van der Waals surface area (Å²) in [5, 5.41) is 12.8. The van der Waals surface area contributed by atoms with Gasteiger partial charge in [0.2, 0.25) is 0 Å². The van der Waals surface area contributed by atoms with Gasteiger partial charge in [-0.1, -0.05) is 19.8 Å². The van der Waals surface area contributed by atoms with Gasteiger partial charge in [0.1, 0.15) is 0 Å². The Labute approximate surface area is 88.1 Å². The normalized spacial score (nSPS) is 30.2. The van der Waals surface area contributed by atoms with Crippen LogP contribution in [0.2, 0.25) is 0 Å². The first kappa shape index (κ1) is 12.0. The highest BCUT2D eigenvalue weighted by Crippen LogP contribution is 2.29. The van der Waals surface area contributed by atoms with Crippen LogP contribution in [0.1, 0.15) is 46.0 Å². The van der Waals surface area contributed by atoms with Crippen molar-refractivity contribution in [1.82, 2.24) is 5.32 Å². The number of aliphatic hydroxyl groups is 1. The maximum absolute atomic E-state index is 9.26. The van der Waals surface area contributed by atoms with Gasteiger partial charge < -0.3 is 10.4 Å². The molecule has 0 aromatic rings. The van der Waals surface area contributed by atoms with Crippen molar-refractivity contribution in [2.24, 2.45) is 11.8 Å². The van der Waals surface area contributed by atoms with E-state index in [0.29, 0.717) is 24.5 Å². The lowest BCUT2D eigenvalue weighted by atomic mass is 9.79. The smallest absolute Gasteiger partial charge is 0.0462 e. The minimum atomic E-state index is 0.382. The molecule has 0 bridgehead atoms. The molecule has 84 valence electrons. The van der Waals surface area contributed by atoms with Crippen LogP contribution in [0.25, 0.3) is 0 Å². The summed E-state index contributed by atoms with van der Waals surface area (Å²) in [4.78, 5) is 0. The van der Waals surface area contributed by atoms with Crippen molar-refractivity contribution in [3.8, 4) is 0 Å². The minimum absolute atomic E-state index is 0.382. The third-order valence-electron chi connectivity index (χ3n) is 3.64. The molecule has 1 aliphatic rings. The van der Waals surface area contributed by atoms with Crippen molar-refractivity contribution in [2.75, 3.05) is 13.2 Å². The minimum Gasteiger partial charge on any atom is -0.396 e. The van der Waals surface area contributed by atoms with Crippen LogP contribution in [0.4, 0.5) is 0 Å². The maximum Gasteiger partial charge on any atom is 0.0462 e. The first-order valence-electron chi connectivity index (χ1n) is 6.12. The van der Waals surface area contributed by atoms with Gasteiger partial charge >= 0.3 is 0 Å². The standard InChI is InChI=1S/C12H25NO/c1-3-10(2)13-8-11-6-4-5-7-12(11)9-14/h10-14H,3-9H2,1-2H3. The summed E-state index contributed by atoms with van der Waals surface area (Å²) in [6.45, 7) is 5.92. The maximum atomic E-state index is 9.26. The summed E-state index contributed by atoms with van der Waals surface area (Å²) in [7, 11) is 0. The van der Waals surface area contributed by atoms with E-state index in [9.17, 15) is 5.11 Å². The molecule has 3 atom stereocenters. The van der Waals surface area contributed by atoms with Gasteiger partial charge in [0, 0.05) is 12.6 Å². The summed E-state index contributed by atoms with van der Waals surface area (Å²) < 4.78 is 0. The zero-order valence-corrected chi connectivity index (χ0v) is 9.63. The zero-order chi connectivity index (χ0) is 10.4. The molecule has 0 amide bonds. The molecule has 1 rings (SSSR count). The van der Waals surface area contributed by atoms with Gasteiger partial charge in [-0.05, 0) is 44.6 Å². The number of hydrogen-bond donors (Lipinski definition) is 2. The molecule has 2 N–H and O–H groups in total. The van der Waals surface area contributed by atoms with Crippen molar-refractivity contribution in [3.05, 3.63) is 0 Å². The van der Waals surface area contributed by atoms with Crippen LogP contribution in [-0.4, -0.2) is 24.3 Å². The van der Waals surface area contributed by atoms with E-state index in [1.807, 2.05) is 0 Å². The highest BCUT2D eigenvalue weighted by molar-refractivity contribution is 4.77. The molecule has 0 aliphatic heterocycles. The summed E-state index contributed by atoms with van der Waals surface area (Å²) >= 11 is 0. The van der Waals surface area contributed by atoms with Gasteiger partial charge in [0.05, 0.1) is 0 Å². The van der Waals surface area contributed by atoms with E-state index in [2.05, 4.69) is 19.2 Å². The molecule has 0 radical (unpaired) electrons. The zero-order valence-electron chi connectivity index (χ0n) is 9.63. The van der Waals surface area contributed by atoms with Crippen molar-refractivity contribution < 1.29 is 5.11 Å². The van der Waals surface area contributed by atoms with E-state index >= 15 is 0 Å². The molecule has 1 aliphatic carbocycles. The number of aliphatic hydroxyl groups excluding tert-OH is 1. The Bertz CT molecular complexity index is 149. The lowest BCUT2D eigenvalue weighted by molar-refractivity contribution is 0.131. The summed E-state index contributed by atoms with van der Waals surface area (Å²) in [5.74, 6) is 1.27. The molecule has 2 nitrogen and oxygen atoms in total. The molecule has 0 saturated heterocycles. The Balaban J connectivity index is 2.26. The van der Waals surface area contributed by atoms with Gasteiger partial charge in [0.15, 0.2) is 0 Å². The number of rotatable bonds is 5. The Morgan fingerprint density at radius 2 is 1.93 bits per heavy atom. The molecule has 1 saturated carbocycles. The third-order valence-corrected chi connectivity index (χ3v) is 3.64. The topological polar surface area (TPSA) is 32.3 Å². The van der Waals surface area contributed by atoms with Crippen LogP contribution >= 0.6 is 0 Å². The Morgan fingerprint density at radius 3 is 2.50 bits per heavy atom. The Morgan fingerprint density at radius 1 is 1.29 bits per heavy atom. The van der Waals surface area contributed by atoms with Gasteiger partial charge in [0.25, 0.3) is 0 Å². The Kier molecular flexibility index (Phi) is 5.49. The molecular weight excluding hydrogens is 174 g/mol. The molecule has 0 aromatic heterocycles. The summed E-state index contributed by atoms with van der Waals surface area (Å²) in [6.07, 6.45) is 6.38. The first-order valence-corrected chi connectivity index (χ1v) is 6.12. The van der Waals surface area contributed by atoms with Crippen LogP contribution in [0.15, 0.2) is 0 Å². The second-order valence-corrected chi connectivity index (χ2v) is 4.70. The van der Waals surface area contributed by atoms with E-state index in [4.69, 9.17) is 0 Å². The van der Waals surface area contributed by atoms with Crippen molar-refractivity contribution in [1.29, 1.82) is 0 Å². The number of nitrogens with one attached hydrogen (secondary N) is 1. The lowest BCUT2D eigenvalue weighted by Crippen LogP contribution is -2.36. The fourth-order valence-electron chi connectivity index (χ4n) is 2.29. The van der Waals surface area contributed by atoms with Crippen molar-refractivity contribution in [3.63, 3.8) is 0 Å². The molecule has 1 fully saturated rings. The van der Waals surface area contributed by atoms with Gasteiger partial charge in [-0.2, -0.15) is 0 Å². The molecule has 3 unspecified atom stereocenters. The van der Waals surface area contributed by atoms with Crippen LogP contribution in [0, 0.1) is 11.8 Å². The molecule has 0 spiro atoms. The summed E-state index contributed by atoms with van der Waals surface area (Å²) in [6, 6.07) is 0.622. The average molecular weight is 199 g/mol. The van der Waals surface area contributed by atoms with Gasteiger partial charge in [-0.25, -0.2) is 0 Å². The van der Waals surface area contributed by atoms with E-state index in [1.54, 1.807) is 0 Å². The van der Waals surface area contributed by atoms with E-state index in [1.165, 1.54) is 32.1 Å². The lowest BCUT2D eigenvalue weighted by Gasteiger charge is -2.31. The van der Waals surface area contributed by atoms with Gasteiger partial charge in [-0.15, -0.1) is 0 Å². The largest absolute Gasteiger partial charge is 0.396 e. The molecular formula is C12H25NO. The highest BCUT2D eigenvalue weighted by atomic mass is 16.3. The third kappa shape index (κ3) is 3.58. The van der Waals surface area contributed by atoms with Crippen molar-refractivity contribution >= 4 is 0 Å². The number of hydrogen-bond acceptors (Lipinski definition) is 2. The molecule has 0 heterocycles. The van der Waals surface area contributed by atoms with E-state index < -0.39 is 0 Å². The monoisotopic (exact) mass is 199 g/mol.